The quantitative estimate of drug-likeness (QED) is 0.121. The molecule has 20 rings (SSSR count). The Balaban J connectivity index is 1.16. The molecule has 8 nitrogen and oxygen atoms in total. The van der Waals surface area contributed by atoms with Crippen molar-refractivity contribution in [3.05, 3.63) is 186 Å². The normalized spacial score (nSPS) is 17.0. The van der Waals surface area contributed by atoms with Crippen molar-refractivity contribution in [1.82, 2.24) is 0 Å². The van der Waals surface area contributed by atoms with Gasteiger partial charge in [0.15, 0.2) is 0 Å². The van der Waals surface area contributed by atoms with Gasteiger partial charge in [0.25, 0.3) is 23.6 Å². The van der Waals surface area contributed by atoms with E-state index in [2.05, 4.69) is 146 Å². The molecule has 372 valence electrons. The highest BCUT2D eigenvalue weighted by Crippen LogP contribution is 2.49. The predicted octanol–water partition coefficient (Wildman–Crippen LogP) is 15.3. The second-order valence-electron chi connectivity index (χ2n) is 22.7. The van der Waals surface area contributed by atoms with Crippen molar-refractivity contribution in [3.8, 4) is 0 Å². The van der Waals surface area contributed by atoms with Gasteiger partial charge in [-0.15, -0.1) is 0 Å². The third-order valence-electron chi connectivity index (χ3n) is 16.4. The number of carbonyl (C=O) groups is 4. The molecule has 0 unspecified atom stereocenters. The van der Waals surface area contributed by atoms with E-state index in [0.29, 0.717) is 22.3 Å². The molecule has 2 saturated carbocycles. The molecule has 72 heavy (non-hydrogen) atoms. The van der Waals surface area contributed by atoms with Crippen molar-refractivity contribution < 1.29 is 19.2 Å². The molecule has 0 saturated heterocycles. The lowest BCUT2D eigenvalue weighted by Gasteiger charge is -2.40. The monoisotopic (exact) mass is 961 g/mol. The molecule has 6 aromatic carbocycles. The number of rotatable bonds is 0. The van der Waals surface area contributed by atoms with Crippen LogP contribution in [0.2, 0.25) is 0 Å². The molecular weight excluding hydrogens is 889 g/mol. The first-order chi connectivity index (χ1) is 34.2. The standard InChI is InChI=1S/C64H72N4O4/c1-37-26-50-27-38(2)54(37)65-58(69)45-18-20-46(21-19-45)59(70)66-55-39(3)28-51(29-40(55)4)64(24-16-13-17-25-64)53-32-43(7)57(44(8)33-53)68-61(72)48-34-47(35-49(36-48)62(9,10)11)60(71)67-56-41(5)30-52(31-42(56)6)63(50)22-14-12-15-23-63/h18-21,26-36H,12-17,22-25H2,1-11H3,(H,65,69)(H,66,70)(H,67,71)(H,68,72). The number of nitrogens with one attached hydrogen (secondary N) is 4. The van der Waals surface area contributed by atoms with Crippen LogP contribution >= 0.6 is 0 Å². The molecule has 12 heterocycles. The minimum absolute atomic E-state index is 0.234. The summed E-state index contributed by atoms with van der Waals surface area (Å²) in [5, 5.41) is 13.0. The maximum absolute atomic E-state index is 14.5. The van der Waals surface area contributed by atoms with E-state index in [1.807, 2.05) is 12.1 Å². The molecule has 4 amide bonds. The van der Waals surface area contributed by atoms with E-state index in [0.717, 1.165) is 124 Å². The van der Waals surface area contributed by atoms with Gasteiger partial charge in [-0.1, -0.05) is 108 Å². The van der Waals surface area contributed by atoms with Crippen LogP contribution < -0.4 is 21.3 Å². The zero-order valence-corrected chi connectivity index (χ0v) is 44.4. The van der Waals surface area contributed by atoms with Gasteiger partial charge in [-0.2, -0.15) is 0 Å². The molecule has 14 aliphatic rings. The number of benzene rings is 6. The number of amides is 4. The number of hydrogen-bond acceptors (Lipinski definition) is 4. The average molecular weight is 961 g/mol. The highest BCUT2D eigenvalue weighted by atomic mass is 16.2. The van der Waals surface area contributed by atoms with Crippen LogP contribution in [0.1, 0.15) is 199 Å². The SMILES string of the molecule is Cc1cc2cc(C)c1NC(=O)c1ccc(cc1)C(=O)Nc1c(C)cc(cc1C)C1(CCCCC1)c1cc(C)c(c(C)c1)NC(=O)c1cc(cc(C(C)(C)C)c1)C(=O)Nc1c(C)cc(cc1C)C21CCCCC1. The lowest BCUT2D eigenvalue weighted by Crippen LogP contribution is -2.31. The lowest BCUT2D eigenvalue weighted by atomic mass is 9.64. The van der Waals surface area contributed by atoms with Crippen LogP contribution in [0.5, 0.6) is 0 Å². The summed E-state index contributed by atoms with van der Waals surface area (Å²) >= 11 is 0. The Morgan fingerprint density at radius 2 is 0.569 bits per heavy atom. The first kappa shape index (κ1) is 50.2. The number of aryl methyl sites for hydroxylation is 8. The van der Waals surface area contributed by atoms with Crippen LogP contribution in [-0.2, 0) is 16.2 Å². The van der Waals surface area contributed by atoms with Crippen molar-refractivity contribution >= 4 is 46.4 Å². The molecule has 0 atom stereocenters. The average Bonchev–Trinajstić information content (AvgIpc) is 3.35. The minimum Gasteiger partial charge on any atom is -0.322 e. The third-order valence-corrected chi connectivity index (χ3v) is 16.4. The molecule has 8 heteroatoms. The molecule has 12 bridgehead atoms. The largest absolute Gasteiger partial charge is 0.322 e. The van der Waals surface area contributed by atoms with Gasteiger partial charge < -0.3 is 21.3 Å². The summed E-state index contributed by atoms with van der Waals surface area (Å²) in [6.45, 7) is 22.8. The Bertz CT molecular complexity index is 2880. The Hall–Kier alpha value is -6.80. The van der Waals surface area contributed by atoms with Crippen molar-refractivity contribution in [2.24, 2.45) is 0 Å². The molecule has 0 aromatic heterocycles. The van der Waals surface area contributed by atoms with Crippen molar-refractivity contribution in [3.63, 3.8) is 0 Å². The van der Waals surface area contributed by atoms with E-state index in [1.165, 1.54) is 35.1 Å². The van der Waals surface area contributed by atoms with Crippen LogP contribution in [0, 0.1) is 55.4 Å². The predicted molar refractivity (Wildman–Crippen MR) is 295 cm³/mol. The van der Waals surface area contributed by atoms with E-state index < -0.39 is 0 Å². The summed E-state index contributed by atoms with van der Waals surface area (Å²) < 4.78 is 0. The van der Waals surface area contributed by atoms with Gasteiger partial charge in [-0.3, -0.25) is 19.2 Å². The fraction of sp³-hybridized carbons (Fsp3) is 0.375. The van der Waals surface area contributed by atoms with E-state index in [9.17, 15) is 19.2 Å². The first-order valence-electron chi connectivity index (χ1n) is 26.2. The Kier molecular flexibility index (Phi) is 13.5. The van der Waals surface area contributed by atoms with Crippen molar-refractivity contribution in [1.29, 1.82) is 0 Å². The second kappa shape index (κ2) is 19.3. The van der Waals surface area contributed by atoms with Crippen LogP contribution in [0.3, 0.4) is 0 Å². The fourth-order valence-electron chi connectivity index (χ4n) is 12.4. The van der Waals surface area contributed by atoms with E-state index in [-0.39, 0.29) is 39.9 Å². The highest BCUT2D eigenvalue weighted by Gasteiger charge is 2.39. The number of hydrogen-bond donors (Lipinski definition) is 4. The Morgan fingerprint density at radius 1 is 0.333 bits per heavy atom. The van der Waals surface area contributed by atoms with Crippen LogP contribution in [-0.4, -0.2) is 23.6 Å². The number of anilines is 4. The Labute approximate surface area is 427 Å². The summed E-state index contributed by atoms with van der Waals surface area (Å²) in [5.41, 5.74) is 17.7. The van der Waals surface area contributed by atoms with Gasteiger partial charge >= 0.3 is 0 Å². The van der Waals surface area contributed by atoms with Gasteiger partial charge in [0, 0.05) is 55.8 Å². The Morgan fingerprint density at radius 3 is 0.806 bits per heavy atom. The molecule has 0 radical (unpaired) electrons. The third kappa shape index (κ3) is 9.41. The van der Waals surface area contributed by atoms with Gasteiger partial charge in [0.2, 0.25) is 0 Å². The molecular formula is C64H72N4O4. The number of carbonyl (C=O) groups excluding carboxylic acids is 4. The molecule has 12 aliphatic heterocycles. The summed E-state index contributed by atoms with van der Waals surface area (Å²) in [6, 6.07) is 30.4. The summed E-state index contributed by atoms with van der Waals surface area (Å²) in [7, 11) is 0. The molecule has 2 spiro atoms. The van der Waals surface area contributed by atoms with Gasteiger partial charge in [0.05, 0.1) is 0 Å². The van der Waals surface area contributed by atoms with E-state index in [1.54, 1.807) is 30.3 Å². The maximum atomic E-state index is 14.5. The van der Waals surface area contributed by atoms with Crippen molar-refractivity contribution in [2.75, 3.05) is 21.3 Å². The second-order valence-corrected chi connectivity index (χ2v) is 22.7. The molecule has 2 fully saturated rings. The summed E-state index contributed by atoms with van der Waals surface area (Å²) in [5.74, 6) is -1.000. The van der Waals surface area contributed by atoms with E-state index in [4.69, 9.17) is 0 Å². The van der Waals surface area contributed by atoms with Gasteiger partial charge in [0.1, 0.15) is 0 Å². The summed E-state index contributed by atoms with van der Waals surface area (Å²) in [4.78, 5) is 56.9. The highest BCUT2D eigenvalue weighted by molar-refractivity contribution is 6.10. The minimum atomic E-state index is -0.337. The fourth-order valence-corrected chi connectivity index (χ4v) is 12.4. The van der Waals surface area contributed by atoms with Gasteiger partial charge in [-0.05, 0) is 201 Å². The first-order valence-corrected chi connectivity index (χ1v) is 26.2. The lowest BCUT2D eigenvalue weighted by molar-refractivity contribution is 0.101. The van der Waals surface area contributed by atoms with Crippen LogP contribution in [0.4, 0.5) is 22.7 Å². The summed E-state index contributed by atoms with van der Waals surface area (Å²) in [6.07, 6.45) is 10.7. The van der Waals surface area contributed by atoms with Gasteiger partial charge in [-0.25, -0.2) is 0 Å². The van der Waals surface area contributed by atoms with Crippen LogP contribution in [0.15, 0.2) is 91.0 Å². The van der Waals surface area contributed by atoms with E-state index >= 15 is 0 Å². The van der Waals surface area contributed by atoms with Crippen LogP contribution in [0.25, 0.3) is 0 Å². The smallest absolute Gasteiger partial charge is 0.255 e. The molecule has 4 N–H and O–H groups in total. The topological polar surface area (TPSA) is 116 Å². The zero-order valence-electron chi connectivity index (χ0n) is 44.4. The maximum Gasteiger partial charge on any atom is 0.255 e. The zero-order chi connectivity index (χ0) is 51.4. The molecule has 6 aromatic rings. The molecule has 2 aliphatic carbocycles. The van der Waals surface area contributed by atoms with Crippen molar-refractivity contribution in [2.45, 2.75) is 157 Å².